The number of carbonyl (C=O) groups excluding carboxylic acids is 1. The lowest BCUT2D eigenvalue weighted by Crippen LogP contribution is -2.07. The molecule has 0 fully saturated rings. The first-order valence-corrected chi connectivity index (χ1v) is 6.23. The zero-order valence-electron chi connectivity index (χ0n) is 11.5. The molecule has 2 rings (SSSR count). The Morgan fingerprint density at radius 3 is 2.90 bits per heavy atom. The van der Waals surface area contributed by atoms with E-state index in [2.05, 4.69) is 10.3 Å². The average molecular weight is 268 g/mol. The van der Waals surface area contributed by atoms with Gasteiger partial charge in [-0.25, -0.2) is 0 Å². The zero-order chi connectivity index (χ0) is 14.4. The van der Waals surface area contributed by atoms with Gasteiger partial charge in [-0.15, -0.1) is 0 Å². The largest absolute Gasteiger partial charge is 0.496 e. The van der Waals surface area contributed by atoms with Crippen LogP contribution in [0.2, 0.25) is 0 Å². The third-order valence-corrected chi connectivity index (χ3v) is 2.73. The number of hydrogen-bond acceptors (Lipinski definition) is 3. The number of benzene rings is 1. The predicted octanol–water partition coefficient (Wildman–Crippen LogP) is 3.05. The van der Waals surface area contributed by atoms with Crippen molar-refractivity contribution in [3.05, 3.63) is 59.9 Å². The molecule has 0 saturated carbocycles. The Morgan fingerprint density at radius 2 is 2.20 bits per heavy atom. The average Bonchev–Trinajstić information content (AvgIpc) is 2.46. The number of nitrogens with zero attached hydrogens (tertiary/aromatic N) is 1. The summed E-state index contributed by atoms with van der Waals surface area (Å²) in [5.41, 5.74) is 2.64. The van der Waals surface area contributed by atoms with Crippen molar-refractivity contribution >= 4 is 17.7 Å². The Morgan fingerprint density at radius 1 is 1.35 bits per heavy atom. The van der Waals surface area contributed by atoms with E-state index >= 15 is 0 Å². The van der Waals surface area contributed by atoms with Crippen LogP contribution in [0.1, 0.15) is 11.1 Å². The highest BCUT2D eigenvalue weighted by atomic mass is 16.5. The van der Waals surface area contributed by atoms with Gasteiger partial charge in [0.1, 0.15) is 5.75 Å². The first kappa shape index (κ1) is 13.8. The normalized spacial score (nSPS) is 10.5. The van der Waals surface area contributed by atoms with Gasteiger partial charge in [0, 0.05) is 17.8 Å². The standard InChI is InChI=1S/C16H16N2O2/c1-12-5-7-15(20-2)13(10-12)6-8-16(19)18-14-4-3-9-17-11-14/h3-11H,1-2H3,(H,18,19)/b8-6+. The quantitative estimate of drug-likeness (QED) is 0.867. The zero-order valence-corrected chi connectivity index (χ0v) is 11.5. The molecule has 0 aliphatic carbocycles. The molecule has 1 amide bonds. The number of anilines is 1. The van der Waals surface area contributed by atoms with E-state index in [1.807, 2.05) is 25.1 Å². The highest BCUT2D eigenvalue weighted by molar-refractivity contribution is 6.02. The van der Waals surface area contributed by atoms with Gasteiger partial charge < -0.3 is 10.1 Å². The maximum atomic E-state index is 11.8. The van der Waals surface area contributed by atoms with Crippen LogP contribution >= 0.6 is 0 Å². The van der Waals surface area contributed by atoms with Crippen molar-refractivity contribution in [3.63, 3.8) is 0 Å². The Balaban J connectivity index is 2.09. The smallest absolute Gasteiger partial charge is 0.248 e. The van der Waals surface area contributed by atoms with E-state index in [1.54, 1.807) is 37.7 Å². The number of pyridine rings is 1. The highest BCUT2D eigenvalue weighted by Gasteiger charge is 2.01. The molecule has 4 nitrogen and oxygen atoms in total. The molecule has 0 aliphatic heterocycles. The molecule has 0 spiro atoms. The molecule has 0 saturated heterocycles. The highest BCUT2D eigenvalue weighted by Crippen LogP contribution is 2.21. The number of aromatic nitrogens is 1. The van der Waals surface area contributed by atoms with Crippen LogP contribution in [0, 0.1) is 6.92 Å². The van der Waals surface area contributed by atoms with Gasteiger partial charge in [-0.3, -0.25) is 9.78 Å². The minimum Gasteiger partial charge on any atom is -0.496 e. The number of rotatable bonds is 4. The number of hydrogen-bond donors (Lipinski definition) is 1. The summed E-state index contributed by atoms with van der Waals surface area (Å²) in [4.78, 5) is 15.7. The van der Waals surface area contributed by atoms with Gasteiger partial charge in [0.15, 0.2) is 0 Å². The lowest BCUT2D eigenvalue weighted by Gasteiger charge is -2.05. The summed E-state index contributed by atoms with van der Waals surface area (Å²) in [7, 11) is 1.61. The van der Waals surface area contributed by atoms with E-state index in [-0.39, 0.29) is 5.91 Å². The number of carbonyl (C=O) groups is 1. The van der Waals surface area contributed by atoms with Crippen molar-refractivity contribution in [2.75, 3.05) is 12.4 Å². The van der Waals surface area contributed by atoms with Crippen molar-refractivity contribution < 1.29 is 9.53 Å². The number of ether oxygens (including phenoxy) is 1. The number of methoxy groups -OCH3 is 1. The number of aryl methyl sites for hydroxylation is 1. The molecule has 0 atom stereocenters. The Labute approximate surface area is 118 Å². The van der Waals surface area contributed by atoms with E-state index in [1.165, 1.54) is 6.08 Å². The van der Waals surface area contributed by atoms with E-state index in [4.69, 9.17) is 4.74 Å². The number of nitrogens with one attached hydrogen (secondary N) is 1. The summed E-state index contributed by atoms with van der Waals surface area (Å²) in [6.45, 7) is 1.99. The molecule has 102 valence electrons. The van der Waals surface area contributed by atoms with Crippen molar-refractivity contribution in [2.24, 2.45) is 0 Å². The second kappa shape index (κ2) is 6.52. The minimum absolute atomic E-state index is 0.207. The minimum atomic E-state index is -0.207. The van der Waals surface area contributed by atoms with Crippen LogP contribution in [-0.2, 0) is 4.79 Å². The maximum Gasteiger partial charge on any atom is 0.248 e. The Bertz CT molecular complexity index is 622. The topological polar surface area (TPSA) is 51.2 Å². The second-order valence-corrected chi connectivity index (χ2v) is 4.31. The van der Waals surface area contributed by atoms with Crippen LogP contribution in [-0.4, -0.2) is 18.0 Å². The molecule has 0 radical (unpaired) electrons. The van der Waals surface area contributed by atoms with Gasteiger partial charge >= 0.3 is 0 Å². The van der Waals surface area contributed by atoms with Gasteiger partial charge in [-0.1, -0.05) is 11.6 Å². The summed E-state index contributed by atoms with van der Waals surface area (Å²) >= 11 is 0. The SMILES string of the molecule is COc1ccc(C)cc1/C=C/C(=O)Nc1cccnc1. The third kappa shape index (κ3) is 3.68. The van der Waals surface area contributed by atoms with E-state index < -0.39 is 0 Å². The van der Waals surface area contributed by atoms with Crippen molar-refractivity contribution in [2.45, 2.75) is 6.92 Å². The number of amides is 1. The van der Waals surface area contributed by atoms with Crippen LogP contribution in [0.5, 0.6) is 5.75 Å². The predicted molar refractivity (Wildman–Crippen MR) is 79.6 cm³/mol. The van der Waals surface area contributed by atoms with E-state index in [0.717, 1.165) is 16.9 Å². The summed E-state index contributed by atoms with van der Waals surface area (Å²) in [6.07, 6.45) is 6.46. The van der Waals surface area contributed by atoms with Crippen molar-refractivity contribution in [1.82, 2.24) is 4.98 Å². The summed E-state index contributed by atoms with van der Waals surface area (Å²) in [5.74, 6) is 0.530. The first-order chi connectivity index (χ1) is 9.69. The summed E-state index contributed by atoms with van der Waals surface area (Å²) in [5, 5.41) is 2.74. The molecule has 1 aromatic carbocycles. The van der Waals surface area contributed by atoms with E-state index in [9.17, 15) is 4.79 Å². The fourth-order valence-corrected chi connectivity index (χ4v) is 1.77. The van der Waals surface area contributed by atoms with Gasteiger partial charge in [0.05, 0.1) is 19.0 Å². The van der Waals surface area contributed by atoms with E-state index in [0.29, 0.717) is 5.69 Å². The molecule has 2 aromatic rings. The molecule has 4 heteroatoms. The Hall–Kier alpha value is -2.62. The second-order valence-electron chi connectivity index (χ2n) is 4.31. The van der Waals surface area contributed by atoms with Gasteiger partial charge in [-0.2, -0.15) is 0 Å². The van der Waals surface area contributed by atoms with Crippen LogP contribution < -0.4 is 10.1 Å². The molecule has 20 heavy (non-hydrogen) atoms. The summed E-state index contributed by atoms with van der Waals surface area (Å²) < 4.78 is 5.26. The van der Waals surface area contributed by atoms with Crippen LogP contribution in [0.3, 0.4) is 0 Å². The lowest BCUT2D eigenvalue weighted by molar-refractivity contribution is -0.111. The van der Waals surface area contributed by atoms with Gasteiger partial charge in [-0.05, 0) is 37.3 Å². The first-order valence-electron chi connectivity index (χ1n) is 6.23. The third-order valence-electron chi connectivity index (χ3n) is 2.73. The summed E-state index contributed by atoms with van der Waals surface area (Å²) in [6, 6.07) is 9.36. The monoisotopic (exact) mass is 268 g/mol. The lowest BCUT2D eigenvalue weighted by atomic mass is 10.1. The van der Waals surface area contributed by atoms with Crippen LogP contribution in [0.15, 0.2) is 48.8 Å². The van der Waals surface area contributed by atoms with Crippen LogP contribution in [0.4, 0.5) is 5.69 Å². The fraction of sp³-hybridized carbons (Fsp3) is 0.125. The molecular weight excluding hydrogens is 252 g/mol. The molecule has 1 heterocycles. The maximum absolute atomic E-state index is 11.8. The Kier molecular flexibility index (Phi) is 4.50. The molecule has 1 aromatic heterocycles. The molecule has 1 N–H and O–H groups in total. The fourth-order valence-electron chi connectivity index (χ4n) is 1.77. The molecule has 0 bridgehead atoms. The molecule has 0 aliphatic rings. The van der Waals surface area contributed by atoms with Gasteiger partial charge in [0.2, 0.25) is 5.91 Å². The van der Waals surface area contributed by atoms with Gasteiger partial charge in [0.25, 0.3) is 0 Å². The van der Waals surface area contributed by atoms with Crippen LogP contribution in [0.25, 0.3) is 6.08 Å². The van der Waals surface area contributed by atoms with Crippen molar-refractivity contribution in [1.29, 1.82) is 0 Å². The molecular formula is C16H16N2O2. The molecule has 0 unspecified atom stereocenters. The van der Waals surface area contributed by atoms with Crippen molar-refractivity contribution in [3.8, 4) is 5.75 Å².